The lowest BCUT2D eigenvalue weighted by Crippen LogP contribution is -2.25. The molecule has 1 amide bonds. The molecule has 3 rings (SSSR count). The zero-order valence-corrected chi connectivity index (χ0v) is 17.9. The first-order chi connectivity index (χ1) is 14.1. The molecule has 1 N–H and O–H groups in total. The van der Waals surface area contributed by atoms with Gasteiger partial charge in [-0.05, 0) is 49.6 Å². The van der Waals surface area contributed by atoms with Crippen molar-refractivity contribution < 1.29 is 23.8 Å². The van der Waals surface area contributed by atoms with Crippen molar-refractivity contribution in [2.45, 2.75) is 39.0 Å². The Kier molecular flexibility index (Phi) is 7.14. The lowest BCUT2D eigenvalue weighted by Gasteiger charge is -2.20. The molecule has 1 saturated carbocycles. The van der Waals surface area contributed by atoms with Crippen LogP contribution in [0.25, 0.3) is 10.4 Å². The highest BCUT2D eigenvalue weighted by Crippen LogP contribution is 2.39. The molecule has 1 aliphatic rings. The highest BCUT2D eigenvalue weighted by molar-refractivity contribution is 7.18. The molecule has 0 unspecified atom stereocenters. The number of esters is 1. The number of hydrogen-bond donors (Lipinski definition) is 1. The first-order valence-corrected chi connectivity index (χ1v) is 10.7. The zero-order valence-electron chi connectivity index (χ0n) is 17.1. The highest BCUT2D eigenvalue weighted by atomic mass is 32.1. The molecule has 29 heavy (non-hydrogen) atoms. The third-order valence-corrected chi connectivity index (χ3v) is 6.26. The second-order valence-corrected chi connectivity index (χ2v) is 8.02. The average Bonchev–Trinajstić information content (AvgIpc) is 3.17. The smallest absolute Gasteiger partial charge is 0.350 e. The Balaban J connectivity index is 1.92. The topological polar surface area (TPSA) is 73.9 Å². The number of ether oxygens (including phenoxy) is 3. The van der Waals surface area contributed by atoms with Gasteiger partial charge in [0.2, 0.25) is 5.91 Å². The molecule has 156 valence electrons. The first-order valence-electron chi connectivity index (χ1n) is 9.91. The minimum Gasteiger partial charge on any atom is -0.493 e. The number of carbonyl (C=O) groups excluding carboxylic acids is 2. The standard InChI is InChI=1S/C22H27NO5S/c1-4-28-22(25)20-16(23-21(24)14-8-6-5-7-9-14)13-19(29-20)15-10-11-17(26-2)18(12-15)27-3/h10-14H,4-9H2,1-3H3,(H,23,24). The quantitative estimate of drug-likeness (QED) is 0.633. The van der Waals surface area contributed by atoms with Gasteiger partial charge in [0.1, 0.15) is 4.88 Å². The van der Waals surface area contributed by atoms with Crippen molar-refractivity contribution in [3.63, 3.8) is 0 Å². The number of rotatable bonds is 7. The number of thiophene rings is 1. The molecular formula is C22H27NO5S. The van der Waals surface area contributed by atoms with Gasteiger partial charge in [-0.2, -0.15) is 0 Å². The van der Waals surface area contributed by atoms with Crippen LogP contribution in [-0.2, 0) is 9.53 Å². The van der Waals surface area contributed by atoms with Crippen molar-refractivity contribution in [3.8, 4) is 21.9 Å². The van der Waals surface area contributed by atoms with Crippen LogP contribution in [0.1, 0.15) is 48.7 Å². The summed E-state index contributed by atoms with van der Waals surface area (Å²) in [4.78, 5) is 26.5. The van der Waals surface area contributed by atoms with Gasteiger partial charge in [0, 0.05) is 10.8 Å². The van der Waals surface area contributed by atoms with Gasteiger partial charge in [0.15, 0.2) is 11.5 Å². The van der Waals surface area contributed by atoms with E-state index in [-0.39, 0.29) is 18.4 Å². The van der Waals surface area contributed by atoms with Gasteiger partial charge in [0.05, 0.1) is 26.5 Å². The third-order valence-electron chi connectivity index (χ3n) is 5.09. The lowest BCUT2D eigenvalue weighted by molar-refractivity contribution is -0.120. The van der Waals surface area contributed by atoms with Crippen molar-refractivity contribution in [3.05, 3.63) is 29.1 Å². The van der Waals surface area contributed by atoms with E-state index in [0.717, 1.165) is 36.1 Å². The first kappa shape index (κ1) is 21.2. The molecule has 0 atom stereocenters. The second kappa shape index (κ2) is 9.78. The van der Waals surface area contributed by atoms with Crippen LogP contribution in [0.2, 0.25) is 0 Å². The summed E-state index contributed by atoms with van der Waals surface area (Å²) in [5.74, 6) is 0.784. The normalized spacial score (nSPS) is 14.3. The summed E-state index contributed by atoms with van der Waals surface area (Å²) in [6.45, 7) is 2.04. The van der Waals surface area contributed by atoms with Gasteiger partial charge in [-0.25, -0.2) is 4.79 Å². The van der Waals surface area contributed by atoms with E-state index in [1.807, 2.05) is 24.3 Å². The number of benzene rings is 1. The summed E-state index contributed by atoms with van der Waals surface area (Å²) < 4.78 is 15.9. The summed E-state index contributed by atoms with van der Waals surface area (Å²) in [6.07, 6.45) is 5.12. The molecule has 0 aliphatic heterocycles. The van der Waals surface area contributed by atoms with Crippen LogP contribution in [0.15, 0.2) is 24.3 Å². The van der Waals surface area contributed by atoms with Crippen molar-refractivity contribution in [1.29, 1.82) is 0 Å². The molecule has 0 saturated heterocycles. The maximum atomic E-state index is 12.7. The van der Waals surface area contributed by atoms with E-state index in [2.05, 4.69) is 5.32 Å². The molecule has 7 heteroatoms. The second-order valence-electron chi connectivity index (χ2n) is 6.97. The van der Waals surface area contributed by atoms with Gasteiger partial charge < -0.3 is 19.5 Å². The van der Waals surface area contributed by atoms with Gasteiger partial charge >= 0.3 is 5.97 Å². The van der Waals surface area contributed by atoms with E-state index in [4.69, 9.17) is 14.2 Å². The molecular weight excluding hydrogens is 390 g/mol. The summed E-state index contributed by atoms with van der Waals surface area (Å²) in [7, 11) is 3.16. The van der Waals surface area contributed by atoms with Crippen molar-refractivity contribution in [2.75, 3.05) is 26.1 Å². The molecule has 0 radical (unpaired) electrons. The Morgan fingerprint density at radius 3 is 2.45 bits per heavy atom. The van der Waals surface area contributed by atoms with Crippen LogP contribution in [0.4, 0.5) is 5.69 Å². The molecule has 0 spiro atoms. The Bertz CT molecular complexity index is 870. The minimum absolute atomic E-state index is 0.00299. The summed E-state index contributed by atoms with van der Waals surface area (Å²) >= 11 is 1.30. The molecule has 1 fully saturated rings. The molecule has 0 bridgehead atoms. The van der Waals surface area contributed by atoms with Crippen molar-refractivity contribution in [1.82, 2.24) is 0 Å². The number of anilines is 1. The summed E-state index contributed by atoms with van der Waals surface area (Å²) in [5, 5.41) is 2.98. The number of amides is 1. The maximum Gasteiger partial charge on any atom is 0.350 e. The number of hydrogen-bond acceptors (Lipinski definition) is 6. The van der Waals surface area contributed by atoms with E-state index in [1.54, 1.807) is 21.1 Å². The fourth-order valence-corrected chi connectivity index (χ4v) is 4.57. The SMILES string of the molecule is CCOC(=O)c1sc(-c2ccc(OC)c(OC)c2)cc1NC(=O)C1CCCCC1. The van der Waals surface area contributed by atoms with Crippen LogP contribution in [0.3, 0.4) is 0 Å². The largest absolute Gasteiger partial charge is 0.493 e. The Morgan fingerprint density at radius 1 is 1.07 bits per heavy atom. The molecule has 1 aromatic heterocycles. The Morgan fingerprint density at radius 2 is 1.79 bits per heavy atom. The van der Waals surface area contributed by atoms with E-state index in [1.165, 1.54) is 17.8 Å². The molecule has 1 heterocycles. The van der Waals surface area contributed by atoms with Crippen LogP contribution in [0, 0.1) is 5.92 Å². The van der Waals surface area contributed by atoms with Crippen molar-refractivity contribution >= 4 is 28.9 Å². The maximum absolute atomic E-state index is 12.7. The fourth-order valence-electron chi connectivity index (χ4n) is 3.56. The zero-order chi connectivity index (χ0) is 20.8. The Hall–Kier alpha value is -2.54. The van der Waals surface area contributed by atoms with E-state index in [9.17, 15) is 9.59 Å². The van der Waals surface area contributed by atoms with E-state index >= 15 is 0 Å². The lowest BCUT2D eigenvalue weighted by atomic mass is 9.88. The summed E-state index contributed by atoms with van der Waals surface area (Å²) in [6, 6.07) is 7.40. The number of carbonyl (C=O) groups is 2. The predicted molar refractivity (Wildman–Crippen MR) is 114 cm³/mol. The number of methoxy groups -OCH3 is 2. The fraction of sp³-hybridized carbons (Fsp3) is 0.455. The van der Waals surface area contributed by atoms with E-state index in [0.29, 0.717) is 22.1 Å². The van der Waals surface area contributed by atoms with Crippen LogP contribution < -0.4 is 14.8 Å². The predicted octanol–water partition coefficient (Wildman–Crippen LogP) is 5.13. The van der Waals surface area contributed by atoms with Crippen LogP contribution in [0.5, 0.6) is 11.5 Å². The van der Waals surface area contributed by atoms with Crippen LogP contribution >= 0.6 is 11.3 Å². The highest BCUT2D eigenvalue weighted by Gasteiger charge is 2.25. The van der Waals surface area contributed by atoms with Gasteiger partial charge in [0.25, 0.3) is 0 Å². The molecule has 1 aliphatic carbocycles. The van der Waals surface area contributed by atoms with Crippen molar-refractivity contribution in [2.24, 2.45) is 5.92 Å². The molecule has 2 aromatic rings. The monoisotopic (exact) mass is 417 g/mol. The molecule has 1 aromatic carbocycles. The number of nitrogens with one attached hydrogen (secondary N) is 1. The third kappa shape index (κ3) is 4.90. The van der Waals surface area contributed by atoms with Gasteiger partial charge in [-0.3, -0.25) is 4.79 Å². The average molecular weight is 418 g/mol. The van der Waals surface area contributed by atoms with Gasteiger partial charge in [-0.1, -0.05) is 19.3 Å². The van der Waals surface area contributed by atoms with Crippen LogP contribution in [-0.4, -0.2) is 32.7 Å². The minimum atomic E-state index is -0.428. The molecule has 6 nitrogen and oxygen atoms in total. The summed E-state index contributed by atoms with van der Waals surface area (Å²) in [5.41, 5.74) is 1.38. The Labute approximate surface area is 175 Å². The van der Waals surface area contributed by atoms with E-state index < -0.39 is 5.97 Å². The van der Waals surface area contributed by atoms with Gasteiger partial charge in [-0.15, -0.1) is 11.3 Å².